The molecule has 2 aliphatic rings. The van der Waals surface area contributed by atoms with Gasteiger partial charge in [0.05, 0.1) is 13.0 Å². The SMILES string of the molecule is COc1cccc(N2CC(C(=O)Nc3ccccc3CN(C)C3CCCCC3)CC2=O)c1. The Labute approximate surface area is 190 Å². The van der Waals surface area contributed by atoms with Gasteiger partial charge in [-0.1, -0.05) is 43.5 Å². The zero-order valence-electron chi connectivity index (χ0n) is 19.0. The molecule has 0 bridgehead atoms. The van der Waals surface area contributed by atoms with E-state index < -0.39 is 0 Å². The fourth-order valence-electron chi connectivity index (χ4n) is 4.85. The van der Waals surface area contributed by atoms with Gasteiger partial charge in [-0.15, -0.1) is 0 Å². The van der Waals surface area contributed by atoms with Crippen molar-refractivity contribution in [1.29, 1.82) is 0 Å². The number of benzene rings is 2. The van der Waals surface area contributed by atoms with E-state index in [4.69, 9.17) is 4.74 Å². The van der Waals surface area contributed by atoms with Crippen LogP contribution in [0.2, 0.25) is 0 Å². The Kier molecular flexibility index (Phi) is 7.10. The highest BCUT2D eigenvalue weighted by Crippen LogP contribution is 2.29. The molecule has 1 saturated carbocycles. The highest BCUT2D eigenvalue weighted by atomic mass is 16.5. The van der Waals surface area contributed by atoms with E-state index in [2.05, 4.69) is 23.3 Å². The average Bonchev–Trinajstić information content (AvgIpc) is 3.22. The van der Waals surface area contributed by atoms with Crippen LogP contribution in [-0.4, -0.2) is 43.5 Å². The van der Waals surface area contributed by atoms with Crippen LogP contribution in [-0.2, 0) is 16.1 Å². The summed E-state index contributed by atoms with van der Waals surface area (Å²) in [5, 5.41) is 3.11. The summed E-state index contributed by atoms with van der Waals surface area (Å²) < 4.78 is 5.27. The second-order valence-corrected chi connectivity index (χ2v) is 8.96. The molecule has 1 N–H and O–H groups in total. The van der Waals surface area contributed by atoms with Gasteiger partial charge in [0.15, 0.2) is 0 Å². The molecule has 170 valence electrons. The van der Waals surface area contributed by atoms with E-state index in [1.165, 1.54) is 32.1 Å². The zero-order chi connectivity index (χ0) is 22.5. The summed E-state index contributed by atoms with van der Waals surface area (Å²) in [5.41, 5.74) is 2.72. The van der Waals surface area contributed by atoms with Gasteiger partial charge in [-0.2, -0.15) is 0 Å². The van der Waals surface area contributed by atoms with Gasteiger partial charge in [0.25, 0.3) is 0 Å². The van der Waals surface area contributed by atoms with E-state index in [9.17, 15) is 9.59 Å². The van der Waals surface area contributed by atoms with Gasteiger partial charge in [0.2, 0.25) is 11.8 Å². The molecule has 1 aliphatic heterocycles. The highest BCUT2D eigenvalue weighted by Gasteiger charge is 2.35. The number of hydrogen-bond acceptors (Lipinski definition) is 4. The Bertz CT molecular complexity index is 955. The smallest absolute Gasteiger partial charge is 0.229 e. The van der Waals surface area contributed by atoms with Crippen molar-refractivity contribution in [1.82, 2.24) is 4.90 Å². The third-order valence-electron chi connectivity index (χ3n) is 6.75. The molecule has 2 aromatic carbocycles. The van der Waals surface area contributed by atoms with Crippen LogP contribution in [0.4, 0.5) is 11.4 Å². The number of carbonyl (C=O) groups excluding carboxylic acids is 2. The largest absolute Gasteiger partial charge is 0.497 e. The quantitative estimate of drug-likeness (QED) is 0.698. The van der Waals surface area contributed by atoms with Crippen LogP contribution in [0, 0.1) is 5.92 Å². The van der Waals surface area contributed by atoms with Crippen LogP contribution < -0.4 is 15.0 Å². The summed E-state index contributed by atoms with van der Waals surface area (Å²) in [6, 6.07) is 16.0. The van der Waals surface area contributed by atoms with E-state index in [1.807, 2.05) is 42.5 Å². The number of ether oxygens (including phenoxy) is 1. The predicted molar refractivity (Wildman–Crippen MR) is 127 cm³/mol. The molecule has 1 heterocycles. The monoisotopic (exact) mass is 435 g/mol. The summed E-state index contributed by atoms with van der Waals surface area (Å²) in [5.74, 6) is 0.178. The lowest BCUT2D eigenvalue weighted by molar-refractivity contribution is -0.122. The second-order valence-electron chi connectivity index (χ2n) is 8.96. The highest BCUT2D eigenvalue weighted by molar-refractivity contribution is 6.03. The summed E-state index contributed by atoms with van der Waals surface area (Å²) in [7, 11) is 3.78. The Morgan fingerprint density at radius 2 is 1.91 bits per heavy atom. The molecule has 1 saturated heterocycles. The number of nitrogens with one attached hydrogen (secondary N) is 1. The molecule has 1 atom stereocenters. The molecular weight excluding hydrogens is 402 g/mol. The maximum atomic E-state index is 13.1. The Morgan fingerprint density at radius 3 is 2.69 bits per heavy atom. The van der Waals surface area contributed by atoms with Crippen LogP contribution >= 0.6 is 0 Å². The van der Waals surface area contributed by atoms with E-state index in [0.29, 0.717) is 18.3 Å². The van der Waals surface area contributed by atoms with Gasteiger partial charge >= 0.3 is 0 Å². The van der Waals surface area contributed by atoms with Crippen LogP contribution in [0.5, 0.6) is 5.75 Å². The Balaban J connectivity index is 1.41. The van der Waals surface area contributed by atoms with E-state index in [1.54, 1.807) is 12.0 Å². The summed E-state index contributed by atoms with van der Waals surface area (Å²) in [6.45, 7) is 1.18. The van der Waals surface area contributed by atoms with Gasteiger partial charge in [0.1, 0.15) is 5.75 Å². The minimum absolute atomic E-state index is 0.0382. The van der Waals surface area contributed by atoms with Crippen molar-refractivity contribution in [2.75, 3.05) is 30.9 Å². The average molecular weight is 436 g/mol. The first-order valence-electron chi connectivity index (χ1n) is 11.6. The number of para-hydroxylation sites is 1. The van der Waals surface area contributed by atoms with Crippen LogP contribution in [0.15, 0.2) is 48.5 Å². The fraction of sp³-hybridized carbons (Fsp3) is 0.462. The molecule has 6 heteroatoms. The standard InChI is InChI=1S/C26H33N3O3/c1-28(21-10-4-3-5-11-21)17-19-9-6-7-14-24(19)27-26(31)20-15-25(30)29(18-20)22-12-8-13-23(16-22)32-2/h6-9,12-14,16,20-21H,3-5,10-11,15,17-18H2,1-2H3,(H,27,31). The Hall–Kier alpha value is -2.86. The lowest BCUT2D eigenvalue weighted by Gasteiger charge is -2.31. The molecule has 0 spiro atoms. The third-order valence-corrected chi connectivity index (χ3v) is 6.75. The topological polar surface area (TPSA) is 61.9 Å². The van der Waals surface area contributed by atoms with Crippen molar-refractivity contribution in [2.45, 2.75) is 51.1 Å². The molecule has 2 amide bonds. The number of rotatable bonds is 7. The zero-order valence-corrected chi connectivity index (χ0v) is 19.0. The lowest BCUT2D eigenvalue weighted by Crippen LogP contribution is -2.33. The molecule has 2 fully saturated rings. The van der Waals surface area contributed by atoms with Crippen molar-refractivity contribution in [2.24, 2.45) is 5.92 Å². The van der Waals surface area contributed by atoms with Crippen LogP contribution in [0.3, 0.4) is 0 Å². The normalized spacial score (nSPS) is 19.4. The van der Waals surface area contributed by atoms with E-state index in [-0.39, 0.29) is 24.2 Å². The molecule has 1 aliphatic carbocycles. The first-order valence-corrected chi connectivity index (χ1v) is 11.6. The van der Waals surface area contributed by atoms with Crippen molar-refractivity contribution in [3.63, 3.8) is 0 Å². The van der Waals surface area contributed by atoms with Crippen LogP contribution in [0.25, 0.3) is 0 Å². The van der Waals surface area contributed by atoms with Gasteiger partial charge in [-0.25, -0.2) is 0 Å². The van der Waals surface area contributed by atoms with Crippen molar-refractivity contribution < 1.29 is 14.3 Å². The number of amides is 2. The van der Waals surface area contributed by atoms with Crippen molar-refractivity contribution in [3.05, 3.63) is 54.1 Å². The van der Waals surface area contributed by atoms with E-state index in [0.717, 1.165) is 23.5 Å². The number of carbonyl (C=O) groups is 2. The van der Waals surface area contributed by atoms with Gasteiger partial charge in [0, 0.05) is 43.0 Å². The number of methoxy groups -OCH3 is 1. The van der Waals surface area contributed by atoms with E-state index >= 15 is 0 Å². The van der Waals surface area contributed by atoms with Crippen LogP contribution in [0.1, 0.15) is 44.1 Å². The Morgan fingerprint density at radius 1 is 1.12 bits per heavy atom. The van der Waals surface area contributed by atoms with Gasteiger partial charge < -0.3 is 15.0 Å². The first kappa shape index (κ1) is 22.3. The molecule has 1 unspecified atom stereocenters. The molecule has 2 aromatic rings. The summed E-state index contributed by atoms with van der Waals surface area (Å²) >= 11 is 0. The maximum Gasteiger partial charge on any atom is 0.229 e. The van der Waals surface area contributed by atoms with Gasteiger partial charge in [-0.05, 0) is 43.7 Å². The molecule has 0 aromatic heterocycles. The van der Waals surface area contributed by atoms with Crippen molar-refractivity contribution >= 4 is 23.2 Å². The molecule has 6 nitrogen and oxygen atoms in total. The number of nitrogens with zero attached hydrogens (tertiary/aromatic N) is 2. The first-order chi connectivity index (χ1) is 15.5. The molecule has 32 heavy (non-hydrogen) atoms. The second kappa shape index (κ2) is 10.2. The third kappa shape index (κ3) is 5.13. The minimum atomic E-state index is -0.377. The fourth-order valence-corrected chi connectivity index (χ4v) is 4.85. The molecular formula is C26H33N3O3. The van der Waals surface area contributed by atoms with Gasteiger partial charge in [-0.3, -0.25) is 14.5 Å². The number of anilines is 2. The lowest BCUT2D eigenvalue weighted by atomic mass is 9.94. The predicted octanol–water partition coefficient (Wildman–Crippen LogP) is 4.45. The van der Waals surface area contributed by atoms with Crippen molar-refractivity contribution in [3.8, 4) is 5.75 Å². The molecule has 4 rings (SSSR count). The number of hydrogen-bond donors (Lipinski definition) is 1. The minimum Gasteiger partial charge on any atom is -0.497 e. The molecule has 0 radical (unpaired) electrons. The summed E-state index contributed by atoms with van der Waals surface area (Å²) in [6.07, 6.45) is 6.64. The maximum absolute atomic E-state index is 13.1. The summed E-state index contributed by atoms with van der Waals surface area (Å²) in [4.78, 5) is 29.8.